The van der Waals surface area contributed by atoms with Gasteiger partial charge in [-0.25, -0.2) is 18.7 Å². The summed E-state index contributed by atoms with van der Waals surface area (Å²) in [6, 6.07) is 11.9. The fraction of sp³-hybridized carbons (Fsp3) is 0.105. The molecule has 0 bridgehead atoms. The number of carbonyl (C=O) groups excluding carboxylic acids is 1. The van der Waals surface area contributed by atoms with Crippen LogP contribution in [0.5, 0.6) is 0 Å². The lowest BCUT2D eigenvalue weighted by molar-refractivity contribution is 0.102. The van der Waals surface area contributed by atoms with Crippen LogP contribution in [0.25, 0.3) is 0 Å². The van der Waals surface area contributed by atoms with E-state index in [4.69, 9.17) is 11.6 Å². The Morgan fingerprint density at radius 2 is 1.78 bits per heavy atom. The molecule has 138 valence electrons. The lowest BCUT2D eigenvalue weighted by Gasteiger charge is -2.09. The zero-order chi connectivity index (χ0) is 19.4. The van der Waals surface area contributed by atoms with Gasteiger partial charge in [0, 0.05) is 29.0 Å². The number of hydrogen-bond acceptors (Lipinski definition) is 4. The predicted octanol–water partition coefficient (Wildman–Crippen LogP) is 4.58. The van der Waals surface area contributed by atoms with Crippen molar-refractivity contribution in [3.63, 3.8) is 0 Å². The van der Waals surface area contributed by atoms with E-state index in [1.807, 2.05) is 12.1 Å². The Balaban J connectivity index is 1.72. The van der Waals surface area contributed by atoms with E-state index in [1.54, 1.807) is 19.1 Å². The van der Waals surface area contributed by atoms with Crippen LogP contribution in [0.2, 0.25) is 5.02 Å². The summed E-state index contributed by atoms with van der Waals surface area (Å²) in [6.45, 7) is 2.17. The minimum atomic E-state index is -1.04. The first kappa shape index (κ1) is 18.7. The average molecular weight is 389 g/mol. The van der Waals surface area contributed by atoms with Crippen LogP contribution in [0.3, 0.4) is 0 Å². The first-order valence-corrected chi connectivity index (χ1v) is 8.39. The van der Waals surface area contributed by atoms with Crippen molar-refractivity contribution in [2.45, 2.75) is 13.5 Å². The molecule has 8 heteroatoms. The minimum absolute atomic E-state index is 0.103. The van der Waals surface area contributed by atoms with Crippen LogP contribution in [0.15, 0.2) is 48.5 Å². The summed E-state index contributed by atoms with van der Waals surface area (Å²) in [5.41, 5.74) is 1.79. The van der Waals surface area contributed by atoms with Crippen LogP contribution in [0, 0.1) is 18.6 Å². The van der Waals surface area contributed by atoms with Gasteiger partial charge in [0.25, 0.3) is 5.91 Å². The molecular weight excluding hydrogens is 374 g/mol. The molecule has 0 spiro atoms. The number of hydrogen-bond donors (Lipinski definition) is 2. The van der Waals surface area contributed by atoms with Gasteiger partial charge in [0.1, 0.15) is 5.69 Å². The Bertz CT molecular complexity index is 980. The topological polar surface area (TPSA) is 66.9 Å². The maximum Gasteiger partial charge on any atom is 0.274 e. The van der Waals surface area contributed by atoms with Crippen molar-refractivity contribution in [3.8, 4) is 0 Å². The fourth-order valence-electron chi connectivity index (χ4n) is 2.32. The summed E-state index contributed by atoms with van der Waals surface area (Å²) in [4.78, 5) is 20.8. The van der Waals surface area contributed by atoms with Crippen LogP contribution < -0.4 is 10.6 Å². The highest BCUT2D eigenvalue weighted by Crippen LogP contribution is 2.15. The lowest BCUT2D eigenvalue weighted by Crippen LogP contribution is -2.16. The molecule has 1 aromatic heterocycles. The van der Waals surface area contributed by atoms with Crippen molar-refractivity contribution < 1.29 is 13.6 Å². The number of nitrogens with one attached hydrogen (secondary N) is 2. The maximum absolute atomic E-state index is 13.3. The summed E-state index contributed by atoms with van der Waals surface area (Å²) in [7, 11) is 0. The van der Waals surface area contributed by atoms with E-state index in [0.717, 1.165) is 17.7 Å². The second-order valence-corrected chi connectivity index (χ2v) is 6.22. The third kappa shape index (κ3) is 4.98. The van der Waals surface area contributed by atoms with E-state index >= 15 is 0 Å². The standard InChI is InChI=1S/C19H15ClF2N4O/c1-11-8-17(18(27)25-14-6-7-15(21)16(22)9-14)26-19(24-11)23-10-12-2-4-13(20)5-3-12/h2-9H,10H2,1H3,(H,25,27)(H,23,24,26). The second kappa shape index (κ2) is 8.09. The third-order valence-corrected chi connectivity index (χ3v) is 3.88. The first-order valence-electron chi connectivity index (χ1n) is 8.01. The highest BCUT2D eigenvalue weighted by molar-refractivity contribution is 6.30. The van der Waals surface area contributed by atoms with Crippen molar-refractivity contribution in [3.05, 3.63) is 82.1 Å². The van der Waals surface area contributed by atoms with E-state index in [1.165, 1.54) is 12.1 Å². The normalized spacial score (nSPS) is 10.5. The van der Waals surface area contributed by atoms with Gasteiger partial charge >= 0.3 is 0 Å². The molecule has 3 aromatic rings. The molecule has 0 aliphatic heterocycles. The zero-order valence-electron chi connectivity index (χ0n) is 14.3. The van der Waals surface area contributed by atoms with Crippen molar-refractivity contribution in [1.82, 2.24) is 9.97 Å². The third-order valence-electron chi connectivity index (χ3n) is 3.63. The Labute approximate surface area is 159 Å². The molecule has 0 fully saturated rings. The largest absolute Gasteiger partial charge is 0.350 e. The Morgan fingerprint density at radius 3 is 2.48 bits per heavy atom. The Hall–Kier alpha value is -3.06. The van der Waals surface area contributed by atoms with Crippen LogP contribution in [0.4, 0.5) is 20.4 Å². The molecule has 2 aromatic carbocycles. The van der Waals surface area contributed by atoms with Crippen LogP contribution in [-0.4, -0.2) is 15.9 Å². The molecule has 0 atom stereocenters. The Morgan fingerprint density at radius 1 is 1.04 bits per heavy atom. The molecule has 2 N–H and O–H groups in total. The number of nitrogens with zero attached hydrogens (tertiary/aromatic N) is 2. The van der Waals surface area contributed by atoms with E-state index in [0.29, 0.717) is 17.3 Å². The van der Waals surface area contributed by atoms with Gasteiger partial charge in [0.15, 0.2) is 11.6 Å². The number of halogens is 3. The molecule has 0 saturated carbocycles. The molecule has 0 aliphatic carbocycles. The van der Waals surface area contributed by atoms with Gasteiger partial charge in [-0.3, -0.25) is 4.79 Å². The van der Waals surface area contributed by atoms with E-state index in [-0.39, 0.29) is 17.3 Å². The van der Waals surface area contributed by atoms with Gasteiger partial charge in [-0.05, 0) is 42.8 Å². The van der Waals surface area contributed by atoms with Crippen molar-refractivity contribution >= 4 is 29.1 Å². The maximum atomic E-state index is 13.3. The van der Waals surface area contributed by atoms with Crippen LogP contribution in [0.1, 0.15) is 21.7 Å². The minimum Gasteiger partial charge on any atom is -0.350 e. The number of rotatable bonds is 5. The summed E-state index contributed by atoms with van der Waals surface area (Å²) >= 11 is 5.86. The smallest absolute Gasteiger partial charge is 0.274 e. The molecule has 1 amide bonds. The second-order valence-electron chi connectivity index (χ2n) is 5.78. The average Bonchev–Trinajstić information content (AvgIpc) is 2.64. The Kier molecular flexibility index (Phi) is 5.61. The quantitative estimate of drug-likeness (QED) is 0.671. The summed E-state index contributed by atoms with van der Waals surface area (Å²) in [5, 5.41) is 6.16. The summed E-state index contributed by atoms with van der Waals surface area (Å²) in [5.74, 6) is -2.31. The molecule has 5 nitrogen and oxygen atoms in total. The molecule has 0 radical (unpaired) electrons. The molecule has 0 saturated heterocycles. The number of aryl methyl sites for hydroxylation is 1. The van der Waals surface area contributed by atoms with Gasteiger partial charge in [-0.1, -0.05) is 23.7 Å². The SMILES string of the molecule is Cc1cc(C(=O)Nc2ccc(F)c(F)c2)nc(NCc2ccc(Cl)cc2)n1. The van der Waals surface area contributed by atoms with E-state index in [9.17, 15) is 13.6 Å². The number of anilines is 2. The van der Waals surface area contributed by atoms with E-state index < -0.39 is 17.5 Å². The number of benzene rings is 2. The number of aromatic nitrogens is 2. The fourth-order valence-corrected chi connectivity index (χ4v) is 2.44. The van der Waals surface area contributed by atoms with Gasteiger partial charge in [0.05, 0.1) is 0 Å². The molecule has 3 rings (SSSR count). The lowest BCUT2D eigenvalue weighted by atomic mass is 10.2. The molecule has 27 heavy (non-hydrogen) atoms. The van der Waals surface area contributed by atoms with Gasteiger partial charge in [0.2, 0.25) is 5.95 Å². The van der Waals surface area contributed by atoms with Crippen molar-refractivity contribution in [1.29, 1.82) is 0 Å². The monoisotopic (exact) mass is 388 g/mol. The predicted molar refractivity (Wildman–Crippen MR) is 99.9 cm³/mol. The van der Waals surface area contributed by atoms with Gasteiger partial charge in [-0.15, -0.1) is 0 Å². The number of amides is 1. The summed E-state index contributed by atoms with van der Waals surface area (Å²) < 4.78 is 26.3. The zero-order valence-corrected chi connectivity index (χ0v) is 15.0. The molecular formula is C19H15ClF2N4O. The molecule has 0 unspecified atom stereocenters. The summed E-state index contributed by atoms with van der Waals surface area (Å²) in [6.07, 6.45) is 0. The highest BCUT2D eigenvalue weighted by atomic mass is 35.5. The number of carbonyl (C=O) groups is 1. The van der Waals surface area contributed by atoms with Crippen LogP contribution in [-0.2, 0) is 6.54 Å². The van der Waals surface area contributed by atoms with E-state index in [2.05, 4.69) is 20.6 Å². The van der Waals surface area contributed by atoms with Crippen molar-refractivity contribution in [2.75, 3.05) is 10.6 Å². The van der Waals surface area contributed by atoms with Gasteiger partial charge in [-0.2, -0.15) is 0 Å². The van der Waals surface area contributed by atoms with Gasteiger partial charge < -0.3 is 10.6 Å². The van der Waals surface area contributed by atoms with Crippen molar-refractivity contribution in [2.24, 2.45) is 0 Å². The highest BCUT2D eigenvalue weighted by Gasteiger charge is 2.12. The molecule has 1 heterocycles. The van der Waals surface area contributed by atoms with Crippen LogP contribution >= 0.6 is 11.6 Å². The first-order chi connectivity index (χ1) is 12.9. The molecule has 0 aliphatic rings.